The van der Waals surface area contributed by atoms with Crippen LogP contribution in [0.2, 0.25) is 0 Å². The highest BCUT2D eigenvalue weighted by atomic mass is 35.5. The maximum absolute atomic E-state index is 6.10. The van der Waals surface area contributed by atoms with E-state index in [0.717, 1.165) is 18.5 Å². The quantitative estimate of drug-likeness (QED) is 0.362. The van der Waals surface area contributed by atoms with Crippen molar-refractivity contribution in [1.29, 1.82) is 0 Å². The van der Waals surface area contributed by atoms with E-state index in [1.807, 2.05) is 30.3 Å². The molecular weight excluding hydrogens is 269 g/mol. The predicted molar refractivity (Wildman–Crippen MR) is 80.5 cm³/mol. The van der Waals surface area contributed by atoms with Crippen molar-refractivity contribution in [3.8, 4) is 0 Å². The number of nitrogens with two attached hydrogens (primary N) is 1. The summed E-state index contributed by atoms with van der Waals surface area (Å²) < 4.78 is 0. The number of benzene rings is 1. The van der Waals surface area contributed by atoms with Gasteiger partial charge < -0.3 is 11.1 Å². The second-order valence-corrected chi connectivity index (χ2v) is 5.18. The van der Waals surface area contributed by atoms with Crippen molar-refractivity contribution in [3.63, 3.8) is 0 Å². The number of guanidine groups is 1. The van der Waals surface area contributed by atoms with Crippen molar-refractivity contribution in [2.24, 2.45) is 10.7 Å². The van der Waals surface area contributed by atoms with Gasteiger partial charge in [-0.1, -0.05) is 43.1 Å². The molecule has 1 rings (SSSR count). The molecule has 0 heterocycles. The molecule has 2 atom stereocenters. The molecule has 18 heavy (non-hydrogen) atoms. The fraction of sp³-hybridized carbons (Fsp3) is 0.462. The van der Waals surface area contributed by atoms with Gasteiger partial charge >= 0.3 is 0 Å². The topological polar surface area (TPSA) is 50.4 Å². The fourth-order valence-electron chi connectivity index (χ4n) is 1.55. The summed E-state index contributed by atoms with van der Waals surface area (Å²) in [4.78, 5) is 4.16. The second-order valence-electron chi connectivity index (χ2n) is 4.06. The monoisotopic (exact) mass is 287 g/mol. The lowest BCUT2D eigenvalue weighted by Crippen LogP contribution is -2.24. The van der Waals surface area contributed by atoms with E-state index in [0.29, 0.717) is 12.4 Å². The zero-order valence-corrected chi connectivity index (χ0v) is 12.0. The van der Waals surface area contributed by atoms with Crippen molar-refractivity contribution in [2.45, 2.75) is 37.1 Å². The van der Waals surface area contributed by atoms with E-state index >= 15 is 0 Å². The number of anilines is 1. The predicted octanol–water partition coefficient (Wildman–Crippen LogP) is 3.78. The number of hydrogen-bond donors (Lipinski definition) is 2. The van der Waals surface area contributed by atoms with Gasteiger partial charge in [-0.05, 0) is 18.6 Å². The van der Waals surface area contributed by atoms with Gasteiger partial charge in [0, 0.05) is 17.5 Å². The van der Waals surface area contributed by atoms with Crippen LogP contribution in [-0.4, -0.2) is 16.8 Å². The molecule has 0 aliphatic carbocycles. The van der Waals surface area contributed by atoms with Crippen LogP contribution in [0.15, 0.2) is 35.3 Å². The standard InChI is InChI=1S/C13H19Cl2N3/c1-2-6-10(14)9-12(15)18-13(16)17-11-7-4-3-5-8-11/h3-5,7-8,10,12H,2,6,9H2,1H3,(H3,16,17,18). The molecule has 0 saturated heterocycles. The zero-order valence-electron chi connectivity index (χ0n) is 10.4. The summed E-state index contributed by atoms with van der Waals surface area (Å²) in [6.07, 6.45) is 2.60. The van der Waals surface area contributed by atoms with Gasteiger partial charge in [0.1, 0.15) is 5.50 Å². The Hall–Kier alpha value is -0.930. The van der Waals surface area contributed by atoms with Gasteiger partial charge in [0.05, 0.1) is 0 Å². The van der Waals surface area contributed by atoms with Gasteiger partial charge in [0.15, 0.2) is 5.96 Å². The first-order chi connectivity index (χ1) is 8.61. The zero-order chi connectivity index (χ0) is 13.4. The van der Waals surface area contributed by atoms with Gasteiger partial charge in [-0.25, -0.2) is 4.99 Å². The lowest BCUT2D eigenvalue weighted by atomic mass is 10.2. The molecule has 0 saturated carbocycles. The van der Waals surface area contributed by atoms with Crippen LogP contribution in [0.3, 0.4) is 0 Å². The molecule has 2 unspecified atom stereocenters. The van der Waals surface area contributed by atoms with Gasteiger partial charge in [-0.2, -0.15) is 0 Å². The van der Waals surface area contributed by atoms with Crippen LogP contribution >= 0.6 is 23.2 Å². The first-order valence-electron chi connectivity index (χ1n) is 6.05. The molecule has 0 aliphatic rings. The molecule has 0 aromatic heterocycles. The highest BCUT2D eigenvalue weighted by Crippen LogP contribution is 2.16. The van der Waals surface area contributed by atoms with E-state index in [1.54, 1.807) is 0 Å². The summed E-state index contributed by atoms with van der Waals surface area (Å²) in [5, 5.41) is 3.03. The van der Waals surface area contributed by atoms with Crippen LogP contribution in [0, 0.1) is 0 Å². The average Bonchev–Trinajstić information content (AvgIpc) is 2.29. The Balaban J connectivity index is 2.45. The number of para-hydroxylation sites is 1. The maximum atomic E-state index is 6.10. The molecule has 0 bridgehead atoms. The number of halogens is 2. The molecule has 0 aliphatic heterocycles. The summed E-state index contributed by atoms with van der Waals surface area (Å²) >= 11 is 12.2. The van der Waals surface area contributed by atoms with Crippen LogP contribution in [0.1, 0.15) is 26.2 Å². The Kier molecular flexibility index (Phi) is 6.91. The summed E-state index contributed by atoms with van der Waals surface area (Å²) in [5.74, 6) is 0.307. The Bertz CT molecular complexity index is 368. The van der Waals surface area contributed by atoms with E-state index in [9.17, 15) is 0 Å². The van der Waals surface area contributed by atoms with Crippen molar-refractivity contribution >= 4 is 34.8 Å². The van der Waals surface area contributed by atoms with Crippen molar-refractivity contribution in [2.75, 3.05) is 5.32 Å². The summed E-state index contributed by atoms with van der Waals surface area (Å²) in [7, 11) is 0. The number of nitrogens with one attached hydrogen (secondary N) is 1. The van der Waals surface area contributed by atoms with Crippen molar-refractivity contribution in [1.82, 2.24) is 0 Å². The molecule has 3 N–H and O–H groups in total. The number of alkyl halides is 2. The first-order valence-corrected chi connectivity index (χ1v) is 6.92. The lowest BCUT2D eigenvalue weighted by molar-refractivity contribution is 0.660. The fourth-order valence-corrected chi connectivity index (χ4v) is 2.35. The third-order valence-corrected chi connectivity index (χ3v) is 3.05. The SMILES string of the molecule is CCCC(Cl)CC(Cl)N=C(N)Nc1ccccc1. The maximum Gasteiger partial charge on any atom is 0.194 e. The van der Waals surface area contributed by atoms with Crippen molar-refractivity contribution in [3.05, 3.63) is 30.3 Å². The lowest BCUT2D eigenvalue weighted by Gasteiger charge is -2.11. The van der Waals surface area contributed by atoms with E-state index in [-0.39, 0.29) is 5.38 Å². The number of nitrogens with zero attached hydrogens (tertiary/aromatic N) is 1. The molecule has 0 fully saturated rings. The molecule has 5 heteroatoms. The van der Waals surface area contributed by atoms with Gasteiger partial charge in [-0.3, -0.25) is 0 Å². The Morgan fingerprint density at radius 1 is 1.33 bits per heavy atom. The molecule has 100 valence electrons. The number of hydrogen-bond acceptors (Lipinski definition) is 1. The van der Waals surface area contributed by atoms with Crippen LogP contribution in [-0.2, 0) is 0 Å². The molecule has 1 aromatic carbocycles. The Labute approximate surface area is 118 Å². The smallest absolute Gasteiger partial charge is 0.194 e. The molecular formula is C13H19Cl2N3. The van der Waals surface area contributed by atoms with Crippen LogP contribution in [0.4, 0.5) is 5.69 Å². The minimum Gasteiger partial charge on any atom is -0.370 e. The molecule has 3 nitrogen and oxygen atoms in total. The number of rotatable bonds is 6. The van der Waals surface area contributed by atoms with Crippen LogP contribution in [0.25, 0.3) is 0 Å². The van der Waals surface area contributed by atoms with Gasteiger partial charge in [0.2, 0.25) is 0 Å². The van der Waals surface area contributed by atoms with Gasteiger partial charge in [0.25, 0.3) is 0 Å². The highest BCUT2D eigenvalue weighted by Gasteiger charge is 2.11. The second kappa shape index (κ2) is 8.22. The minimum atomic E-state index is -0.393. The normalized spacial score (nSPS) is 15.2. The van der Waals surface area contributed by atoms with E-state index in [1.165, 1.54) is 0 Å². The average molecular weight is 288 g/mol. The summed E-state index contributed by atoms with van der Waals surface area (Å²) in [6, 6.07) is 9.60. The summed E-state index contributed by atoms with van der Waals surface area (Å²) in [6.45, 7) is 2.09. The molecule has 0 radical (unpaired) electrons. The minimum absolute atomic E-state index is 0.0470. The first kappa shape index (κ1) is 15.1. The third kappa shape index (κ3) is 6.12. The molecule has 1 aromatic rings. The van der Waals surface area contributed by atoms with E-state index in [4.69, 9.17) is 28.9 Å². The van der Waals surface area contributed by atoms with E-state index in [2.05, 4.69) is 17.2 Å². The van der Waals surface area contributed by atoms with E-state index < -0.39 is 5.50 Å². The van der Waals surface area contributed by atoms with Crippen molar-refractivity contribution < 1.29 is 0 Å². The van der Waals surface area contributed by atoms with Crippen LogP contribution < -0.4 is 11.1 Å². The van der Waals surface area contributed by atoms with Crippen LogP contribution in [0.5, 0.6) is 0 Å². The Morgan fingerprint density at radius 3 is 2.61 bits per heavy atom. The molecule has 0 spiro atoms. The summed E-state index contributed by atoms with van der Waals surface area (Å²) in [5.41, 5.74) is 6.26. The highest BCUT2D eigenvalue weighted by molar-refractivity contribution is 6.23. The number of aliphatic imine (C=N–C) groups is 1. The molecule has 0 amide bonds. The largest absolute Gasteiger partial charge is 0.370 e. The Morgan fingerprint density at radius 2 is 2.00 bits per heavy atom. The van der Waals surface area contributed by atoms with Gasteiger partial charge in [-0.15, -0.1) is 11.6 Å². The third-order valence-electron chi connectivity index (χ3n) is 2.38.